The van der Waals surface area contributed by atoms with Crippen LogP contribution in [0.3, 0.4) is 0 Å². The molecule has 1 saturated carbocycles. The van der Waals surface area contributed by atoms with E-state index in [2.05, 4.69) is 9.47 Å². The van der Waals surface area contributed by atoms with Gasteiger partial charge in [0, 0.05) is 0 Å². The van der Waals surface area contributed by atoms with E-state index in [4.69, 9.17) is 5.73 Å². The molecule has 2 N–H and O–H groups in total. The number of ether oxygens (including phenoxy) is 2. The van der Waals surface area contributed by atoms with Crippen LogP contribution in [0.15, 0.2) is 0 Å². The summed E-state index contributed by atoms with van der Waals surface area (Å²) < 4.78 is 8.74. The maximum absolute atomic E-state index is 11.5. The number of rotatable bonds is 3. The number of carbonyl (C=O) groups excluding carboxylic acids is 2. The van der Waals surface area contributed by atoms with Crippen molar-refractivity contribution in [1.29, 1.82) is 0 Å². The molecule has 0 aromatic carbocycles. The molecule has 0 radical (unpaired) electrons. The van der Waals surface area contributed by atoms with Crippen LogP contribution in [0.25, 0.3) is 0 Å². The zero-order valence-electron chi connectivity index (χ0n) is 9.66. The molecule has 16 heavy (non-hydrogen) atoms. The van der Waals surface area contributed by atoms with Crippen LogP contribution in [-0.4, -0.2) is 25.8 Å². The van der Waals surface area contributed by atoms with Gasteiger partial charge in [0.15, 0.2) is 0 Å². The van der Waals surface area contributed by atoms with Gasteiger partial charge in [0.05, 0.1) is 13.5 Å². The fourth-order valence-corrected chi connectivity index (χ4v) is 2.23. The van der Waals surface area contributed by atoms with E-state index < -0.39 is 12.1 Å². The molecule has 0 atom stereocenters. The Balaban J connectivity index is 2.48. The molecule has 1 aliphatic rings. The number of nitrogens with two attached hydrogens (primary N) is 1. The average Bonchev–Trinajstić information content (AvgIpc) is 2.29. The van der Waals surface area contributed by atoms with Crippen LogP contribution in [0.2, 0.25) is 0 Å². The van der Waals surface area contributed by atoms with E-state index in [1.807, 2.05) is 0 Å². The van der Waals surface area contributed by atoms with Crippen LogP contribution in [0.1, 0.15) is 38.5 Å². The van der Waals surface area contributed by atoms with Crippen LogP contribution in [0.4, 0.5) is 4.79 Å². The maximum atomic E-state index is 11.5. The standard InChI is InChI=1S/C11H19NO4/c1-15-10(14)16-9(13)7-11(8-12)5-3-2-4-6-11/h2-8,12H2,1H3. The summed E-state index contributed by atoms with van der Waals surface area (Å²) in [5.41, 5.74) is 5.55. The minimum atomic E-state index is -0.951. The Kier molecular flexibility index (Phi) is 4.73. The van der Waals surface area contributed by atoms with E-state index in [0.717, 1.165) is 25.7 Å². The fraction of sp³-hybridized carbons (Fsp3) is 0.818. The Morgan fingerprint density at radius 2 is 1.88 bits per heavy atom. The highest BCUT2D eigenvalue weighted by molar-refractivity contribution is 5.82. The second kappa shape index (κ2) is 5.84. The molecule has 0 amide bonds. The molecule has 5 heteroatoms. The first-order valence-electron chi connectivity index (χ1n) is 5.60. The van der Waals surface area contributed by atoms with Gasteiger partial charge in [-0.25, -0.2) is 4.79 Å². The predicted molar refractivity (Wildman–Crippen MR) is 57.7 cm³/mol. The minimum Gasteiger partial charge on any atom is -0.437 e. The molecule has 0 heterocycles. The first-order chi connectivity index (χ1) is 7.62. The normalized spacial score (nSPS) is 18.9. The highest BCUT2D eigenvalue weighted by atomic mass is 16.7. The lowest BCUT2D eigenvalue weighted by Gasteiger charge is -2.35. The van der Waals surface area contributed by atoms with Crippen molar-refractivity contribution in [3.8, 4) is 0 Å². The molecule has 5 nitrogen and oxygen atoms in total. The zero-order chi connectivity index (χ0) is 12.0. The van der Waals surface area contributed by atoms with Crippen molar-refractivity contribution < 1.29 is 19.1 Å². The van der Waals surface area contributed by atoms with Gasteiger partial charge in [-0.3, -0.25) is 4.79 Å². The number of esters is 1. The summed E-state index contributed by atoms with van der Waals surface area (Å²) in [6, 6.07) is 0. The quantitative estimate of drug-likeness (QED) is 0.587. The average molecular weight is 229 g/mol. The topological polar surface area (TPSA) is 78.6 Å². The summed E-state index contributed by atoms with van der Waals surface area (Å²) >= 11 is 0. The minimum absolute atomic E-state index is 0.177. The SMILES string of the molecule is COC(=O)OC(=O)CC1(CN)CCCCC1. The van der Waals surface area contributed by atoms with Gasteiger partial charge in [-0.15, -0.1) is 0 Å². The fourth-order valence-electron chi connectivity index (χ4n) is 2.23. The van der Waals surface area contributed by atoms with E-state index in [-0.39, 0.29) is 11.8 Å². The monoisotopic (exact) mass is 229 g/mol. The second-order valence-corrected chi connectivity index (χ2v) is 4.37. The van der Waals surface area contributed by atoms with Crippen molar-refractivity contribution in [2.24, 2.45) is 11.1 Å². The smallest absolute Gasteiger partial charge is 0.437 e. The third kappa shape index (κ3) is 3.48. The van der Waals surface area contributed by atoms with Gasteiger partial charge in [-0.1, -0.05) is 19.3 Å². The number of carbonyl (C=O) groups is 2. The molecule has 0 aromatic rings. The molecule has 1 aliphatic carbocycles. The summed E-state index contributed by atoms with van der Waals surface area (Å²) in [6.07, 6.45) is 4.48. The Bertz CT molecular complexity index is 259. The number of methoxy groups -OCH3 is 1. The summed E-state index contributed by atoms with van der Waals surface area (Å²) in [7, 11) is 1.18. The van der Waals surface area contributed by atoms with Crippen LogP contribution in [-0.2, 0) is 14.3 Å². The van der Waals surface area contributed by atoms with Crippen LogP contribution in [0, 0.1) is 5.41 Å². The van der Waals surface area contributed by atoms with Gasteiger partial charge in [0.1, 0.15) is 0 Å². The molecule has 0 saturated heterocycles. The molecule has 0 unspecified atom stereocenters. The summed E-state index contributed by atoms with van der Waals surface area (Å²) in [6.45, 7) is 0.462. The van der Waals surface area contributed by atoms with E-state index in [0.29, 0.717) is 6.54 Å². The largest absolute Gasteiger partial charge is 0.515 e. The highest BCUT2D eigenvalue weighted by Gasteiger charge is 2.34. The molecule has 0 spiro atoms. The van der Waals surface area contributed by atoms with Gasteiger partial charge in [-0.2, -0.15) is 0 Å². The van der Waals surface area contributed by atoms with Crippen LogP contribution < -0.4 is 5.73 Å². The predicted octanol–water partition coefficient (Wildman–Crippen LogP) is 1.60. The molecular weight excluding hydrogens is 210 g/mol. The Morgan fingerprint density at radius 1 is 1.25 bits per heavy atom. The lowest BCUT2D eigenvalue weighted by molar-refractivity contribution is -0.142. The Hall–Kier alpha value is -1.10. The highest BCUT2D eigenvalue weighted by Crippen LogP contribution is 2.38. The zero-order valence-corrected chi connectivity index (χ0v) is 9.66. The summed E-state index contributed by atoms with van der Waals surface area (Å²) in [4.78, 5) is 22.2. The molecule has 92 valence electrons. The summed E-state index contributed by atoms with van der Waals surface area (Å²) in [5, 5.41) is 0. The number of hydrogen-bond donors (Lipinski definition) is 1. The lowest BCUT2D eigenvalue weighted by atomic mass is 9.72. The Morgan fingerprint density at radius 3 is 2.38 bits per heavy atom. The number of hydrogen-bond acceptors (Lipinski definition) is 5. The van der Waals surface area contributed by atoms with E-state index in [1.165, 1.54) is 13.5 Å². The van der Waals surface area contributed by atoms with Crippen molar-refractivity contribution in [1.82, 2.24) is 0 Å². The van der Waals surface area contributed by atoms with Crippen molar-refractivity contribution in [3.63, 3.8) is 0 Å². The third-order valence-electron chi connectivity index (χ3n) is 3.23. The van der Waals surface area contributed by atoms with Crippen molar-refractivity contribution in [2.75, 3.05) is 13.7 Å². The molecule has 0 aromatic heterocycles. The molecule has 1 rings (SSSR count). The first-order valence-corrected chi connectivity index (χ1v) is 5.60. The lowest BCUT2D eigenvalue weighted by Crippen LogP contribution is -2.35. The van der Waals surface area contributed by atoms with Gasteiger partial charge in [0.25, 0.3) is 0 Å². The third-order valence-corrected chi connectivity index (χ3v) is 3.23. The molecule has 0 aliphatic heterocycles. The van der Waals surface area contributed by atoms with Crippen LogP contribution >= 0.6 is 0 Å². The first kappa shape index (κ1) is 13.0. The molecule has 1 fully saturated rings. The summed E-state index contributed by atoms with van der Waals surface area (Å²) in [5.74, 6) is -0.542. The van der Waals surface area contributed by atoms with Gasteiger partial charge in [0.2, 0.25) is 0 Å². The molecule has 0 bridgehead atoms. The molecular formula is C11H19NO4. The van der Waals surface area contributed by atoms with Gasteiger partial charge in [-0.05, 0) is 24.8 Å². The Labute approximate surface area is 95.3 Å². The van der Waals surface area contributed by atoms with Crippen molar-refractivity contribution >= 4 is 12.1 Å². The van der Waals surface area contributed by atoms with E-state index >= 15 is 0 Å². The van der Waals surface area contributed by atoms with Crippen molar-refractivity contribution in [3.05, 3.63) is 0 Å². The van der Waals surface area contributed by atoms with Crippen molar-refractivity contribution in [2.45, 2.75) is 38.5 Å². The van der Waals surface area contributed by atoms with Gasteiger partial charge >= 0.3 is 12.1 Å². The van der Waals surface area contributed by atoms with E-state index in [9.17, 15) is 9.59 Å². The maximum Gasteiger partial charge on any atom is 0.515 e. The van der Waals surface area contributed by atoms with Crippen LogP contribution in [0.5, 0.6) is 0 Å². The second-order valence-electron chi connectivity index (χ2n) is 4.37. The van der Waals surface area contributed by atoms with E-state index in [1.54, 1.807) is 0 Å². The van der Waals surface area contributed by atoms with Gasteiger partial charge < -0.3 is 15.2 Å².